The lowest BCUT2D eigenvalue weighted by molar-refractivity contribution is 0.0959. The molecule has 0 unspecified atom stereocenters. The van der Waals surface area contributed by atoms with Crippen molar-refractivity contribution < 1.29 is 9.59 Å². The SMILES string of the molecule is C#CCNC(=O)c1ccccc1NC(=O)c1cccc(-n2cnnn2)c1. The van der Waals surface area contributed by atoms with Crippen molar-refractivity contribution in [2.45, 2.75) is 0 Å². The average molecular weight is 346 g/mol. The molecule has 0 spiro atoms. The molecule has 0 saturated carbocycles. The zero-order valence-electron chi connectivity index (χ0n) is 13.6. The Morgan fingerprint density at radius 3 is 2.73 bits per heavy atom. The van der Waals surface area contributed by atoms with Gasteiger partial charge in [0.1, 0.15) is 6.33 Å². The van der Waals surface area contributed by atoms with Crippen molar-refractivity contribution in [3.05, 3.63) is 66.0 Å². The number of nitrogens with one attached hydrogen (secondary N) is 2. The summed E-state index contributed by atoms with van der Waals surface area (Å²) in [6, 6.07) is 13.5. The Kier molecular flexibility index (Phi) is 5.00. The van der Waals surface area contributed by atoms with Crippen LogP contribution < -0.4 is 10.6 Å². The Hall–Kier alpha value is -3.99. The first kappa shape index (κ1) is 16.9. The van der Waals surface area contributed by atoms with Crippen LogP contribution in [0.15, 0.2) is 54.9 Å². The van der Waals surface area contributed by atoms with Gasteiger partial charge in [-0.25, -0.2) is 4.68 Å². The number of tetrazole rings is 1. The quantitative estimate of drug-likeness (QED) is 0.678. The Bertz CT molecular complexity index is 975. The highest BCUT2D eigenvalue weighted by Gasteiger charge is 2.14. The molecule has 0 radical (unpaired) electrons. The van der Waals surface area contributed by atoms with E-state index in [1.54, 1.807) is 48.5 Å². The first-order chi connectivity index (χ1) is 12.7. The van der Waals surface area contributed by atoms with Gasteiger partial charge in [0.25, 0.3) is 11.8 Å². The van der Waals surface area contributed by atoms with Crippen LogP contribution >= 0.6 is 0 Å². The lowest BCUT2D eigenvalue weighted by Gasteiger charge is -2.11. The molecular weight excluding hydrogens is 332 g/mol. The molecule has 1 aromatic heterocycles. The van der Waals surface area contributed by atoms with E-state index in [2.05, 4.69) is 32.1 Å². The van der Waals surface area contributed by atoms with Gasteiger partial charge in [-0.05, 0) is 40.8 Å². The third kappa shape index (κ3) is 3.73. The number of rotatable bonds is 5. The number of para-hydroxylation sites is 1. The van der Waals surface area contributed by atoms with Crippen molar-refractivity contribution in [2.75, 3.05) is 11.9 Å². The van der Waals surface area contributed by atoms with Crippen LogP contribution in [0.5, 0.6) is 0 Å². The predicted octanol–water partition coefficient (Wildman–Crippen LogP) is 1.28. The second kappa shape index (κ2) is 7.72. The molecule has 2 aromatic carbocycles. The molecule has 3 rings (SSSR count). The minimum atomic E-state index is -0.364. The van der Waals surface area contributed by atoms with E-state index < -0.39 is 0 Å². The van der Waals surface area contributed by atoms with E-state index in [9.17, 15) is 9.59 Å². The number of terminal acetylenes is 1. The lowest BCUT2D eigenvalue weighted by Crippen LogP contribution is -2.25. The van der Waals surface area contributed by atoms with Gasteiger partial charge >= 0.3 is 0 Å². The van der Waals surface area contributed by atoms with Crippen molar-refractivity contribution in [1.82, 2.24) is 25.5 Å². The van der Waals surface area contributed by atoms with E-state index in [0.717, 1.165) is 0 Å². The van der Waals surface area contributed by atoms with Crippen molar-refractivity contribution in [1.29, 1.82) is 0 Å². The van der Waals surface area contributed by atoms with Gasteiger partial charge in [0.05, 0.1) is 23.5 Å². The van der Waals surface area contributed by atoms with Crippen LogP contribution in [0.2, 0.25) is 0 Å². The fraction of sp³-hybridized carbons (Fsp3) is 0.0556. The van der Waals surface area contributed by atoms with Crippen LogP contribution in [0, 0.1) is 12.3 Å². The van der Waals surface area contributed by atoms with Crippen LogP contribution in [0.3, 0.4) is 0 Å². The number of benzene rings is 2. The number of hydrogen-bond donors (Lipinski definition) is 2. The number of amides is 2. The molecule has 2 amide bonds. The van der Waals surface area contributed by atoms with E-state index in [4.69, 9.17) is 6.42 Å². The molecule has 128 valence electrons. The average Bonchev–Trinajstić information content (AvgIpc) is 3.21. The van der Waals surface area contributed by atoms with E-state index in [1.807, 2.05) is 0 Å². The third-order valence-electron chi connectivity index (χ3n) is 3.49. The smallest absolute Gasteiger partial charge is 0.255 e. The normalized spacial score (nSPS) is 9.96. The van der Waals surface area contributed by atoms with Gasteiger partial charge in [0, 0.05) is 5.56 Å². The molecule has 8 heteroatoms. The molecule has 0 fully saturated rings. The predicted molar refractivity (Wildman–Crippen MR) is 94.7 cm³/mol. The Morgan fingerprint density at radius 2 is 1.96 bits per heavy atom. The minimum absolute atomic E-state index is 0.106. The van der Waals surface area contributed by atoms with Gasteiger partial charge in [-0.2, -0.15) is 0 Å². The summed E-state index contributed by atoms with van der Waals surface area (Å²) in [5, 5.41) is 16.3. The van der Waals surface area contributed by atoms with E-state index in [0.29, 0.717) is 22.5 Å². The summed E-state index contributed by atoms with van der Waals surface area (Å²) in [7, 11) is 0. The number of aromatic nitrogens is 4. The van der Waals surface area contributed by atoms with Gasteiger partial charge in [-0.15, -0.1) is 11.5 Å². The first-order valence-electron chi connectivity index (χ1n) is 7.64. The van der Waals surface area contributed by atoms with Gasteiger partial charge in [0.2, 0.25) is 0 Å². The van der Waals surface area contributed by atoms with Crippen LogP contribution in [-0.4, -0.2) is 38.6 Å². The summed E-state index contributed by atoms with van der Waals surface area (Å²) in [5.41, 5.74) is 1.76. The summed E-state index contributed by atoms with van der Waals surface area (Å²) in [6.07, 6.45) is 6.59. The number of carbonyl (C=O) groups is 2. The maximum absolute atomic E-state index is 12.6. The van der Waals surface area contributed by atoms with Gasteiger partial charge in [-0.3, -0.25) is 9.59 Å². The first-order valence-corrected chi connectivity index (χ1v) is 7.64. The molecule has 0 aliphatic rings. The molecule has 0 atom stereocenters. The second-order valence-corrected chi connectivity index (χ2v) is 5.19. The van der Waals surface area contributed by atoms with E-state index in [-0.39, 0.29) is 18.4 Å². The Balaban J connectivity index is 1.82. The molecule has 0 saturated heterocycles. The molecule has 8 nitrogen and oxygen atoms in total. The van der Waals surface area contributed by atoms with Crippen molar-refractivity contribution >= 4 is 17.5 Å². The maximum atomic E-state index is 12.6. The van der Waals surface area contributed by atoms with Crippen molar-refractivity contribution in [3.63, 3.8) is 0 Å². The number of carbonyl (C=O) groups excluding carboxylic acids is 2. The molecule has 1 heterocycles. The van der Waals surface area contributed by atoms with Crippen LogP contribution in [0.4, 0.5) is 5.69 Å². The number of anilines is 1. The van der Waals surface area contributed by atoms with Crippen LogP contribution in [0.25, 0.3) is 5.69 Å². The summed E-state index contributed by atoms with van der Waals surface area (Å²) in [6.45, 7) is 0.106. The summed E-state index contributed by atoms with van der Waals surface area (Å²) >= 11 is 0. The van der Waals surface area contributed by atoms with Crippen LogP contribution in [0.1, 0.15) is 20.7 Å². The Labute approximate surface area is 149 Å². The van der Waals surface area contributed by atoms with Gasteiger partial charge in [-0.1, -0.05) is 24.1 Å². The summed E-state index contributed by atoms with van der Waals surface area (Å²) in [5.74, 6) is 1.61. The zero-order valence-corrected chi connectivity index (χ0v) is 13.6. The second-order valence-electron chi connectivity index (χ2n) is 5.19. The largest absolute Gasteiger partial charge is 0.341 e. The van der Waals surface area contributed by atoms with Gasteiger partial charge < -0.3 is 10.6 Å². The highest BCUT2D eigenvalue weighted by atomic mass is 16.2. The monoisotopic (exact) mass is 346 g/mol. The third-order valence-corrected chi connectivity index (χ3v) is 3.49. The highest BCUT2D eigenvalue weighted by molar-refractivity contribution is 6.09. The fourth-order valence-electron chi connectivity index (χ4n) is 2.28. The molecule has 3 aromatic rings. The topological polar surface area (TPSA) is 102 Å². The minimum Gasteiger partial charge on any atom is -0.341 e. The molecule has 0 aliphatic carbocycles. The number of nitrogens with zero attached hydrogens (tertiary/aromatic N) is 4. The maximum Gasteiger partial charge on any atom is 0.255 e. The molecule has 26 heavy (non-hydrogen) atoms. The van der Waals surface area contributed by atoms with E-state index in [1.165, 1.54) is 11.0 Å². The molecular formula is C18H14N6O2. The van der Waals surface area contributed by atoms with Gasteiger partial charge in [0.15, 0.2) is 0 Å². The van der Waals surface area contributed by atoms with Crippen LogP contribution in [-0.2, 0) is 0 Å². The summed E-state index contributed by atoms with van der Waals surface area (Å²) < 4.78 is 1.44. The summed E-state index contributed by atoms with van der Waals surface area (Å²) in [4.78, 5) is 24.8. The molecule has 0 bridgehead atoms. The van der Waals surface area contributed by atoms with Crippen molar-refractivity contribution in [3.8, 4) is 18.0 Å². The molecule has 0 aliphatic heterocycles. The highest BCUT2D eigenvalue weighted by Crippen LogP contribution is 2.17. The van der Waals surface area contributed by atoms with Crippen molar-refractivity contribution in [2.24, 2.45) is 0 Å². The van der Waals surface area contributed by atoms with E-state index >= 15 is 0 Å². The standard InChI is InChI=1S/C18H14N6O2/c1-2-10-19-18(26)15-8-3-4-9-16(15)21-17(25)13-6-5-7-14(11-13)24-12-20-22-23-24/h1,3-9,11-12H,10H2,(H,19,26)(H,21,25). The fourth-order valence-corrected chi connectivity index (χ4v) is 2.28. The zero-order chi connectivity index (χ0) is 18.4. The Morgan fingerprint density at radius 1 is 1.12 bits per heavy atom. The molecule has 2 N–H and O–H groups in total. The number of hydrogen-bond acceptors (Lipinski definition) is 5. The lowest BCUT2D eigenvalue weighted by atomic mass is 10.1.